The number of carbonyl (C=O) groups is 3. The van der Waals surface area contributed by atoms with Crippen molar-refractivity contribution in [1.82, 2.24) is 0 Å². The molecule has 0 saturated heterocycles. The minimum absolute atomic E-state index is 0.0149. The van der Waals surface area contributed by atoms with Gasteiger partial charge in [0.15, 0.2) is 0 Å². The Labute approximate surface area is 113 Å². The van der Waals surface area contributed by atoms with E-state index in [0.717, 1.165) is 0 Å². The normalized spacial score (nSPS) is 13.0. The van der Waals surface area contributed by atoms with Crippen LogP contribution in [0.1, 0.15) is 31.1 Å². The molecule has 20 heavy (non-hydrogen) atoms. The molecular formula is C15H8O5. The van der Waals surface area contributed by atoms with Crippen molar-refractivity contribution in [3.05, 3.63) is 59.2 Å². The lowest BCUT2D eigenvalue weighted by Crippen LogP contribution is -2.06. The molecule has 1 aliphatic heterocycles. The third-order valence-electron chi connectivity index (χ3n) is 3.11. The van der Waals surface area contributed by atoms with Gasteiger partial charge in [0.1, 0.15) is 0 Å². The Morgan fingerprint density at radius 3 is 2.25 bits per heavy atom. The molecule has 0 unspecified atom stereocenters. The van der Waals surface area contributed by atoms with Crippen molar-refractivity contribution < 1.29 is 24.2 Å². The van der Waals surface area contributed by atoms with Gasteiger partial charge in [-0.15, -0.1) is 0 Å². The van der Waals surface area contributed by atoms with Gasteiger partial charge in [-0.3, -0.25) is 0 Å². The summed E-state index contributed by atoms with van der Waals surface area (Å²) >= 11 is 0. The number of rotatable bonds is 2. The van der Waals surface area contributed by atoms with Gasteiger partial charge < -0.3 is 9.84 Å². The van der Waals surface area contributed by atoms with E-state index in [1.165, 1.54) is 12.1 Å². The lowest BCUT2D eigenvalue weighted by atomic mass is 9.91. The highest BCUT2D eigenvalue weighted by Gasteiger charge is 2.35. The van der Waals surface area contributed by atoms with Crippen LogP contribution in [0, 0.1) is 0 Å². The first-order valence-electron chi connectivity index (χ1n) is 5.82. The Morgan fingerprint density at radius 2 is 1.60 bits per heavy atom. The quantitative estimate of drug-likeness (QED) is 0.668. The molecule has 0 atom stereocenters. The van der Waals surface area contributed by atoms with Gasteiger partial charge in [-0.25, -0.2) is 14.4 Å². The summed E-state index contributed by atoms with van der Waals surface area (Å²) in [6.07, 6.45) is 0. The molecule has 5 heteroatoms. The van der Waals surface area contributed by atoms with Crippen molar-refractivity contribution in [3.8, 4) is 11.1 Å². The summed E-state index contributed by atoms with van der Waals surface area (Å²) in [6, 6.07) is 11.2. The van der Waals surface area contributed by atoms with Crippen LogP contribution in [0.15, 0.2) is 42.5 Å². The zero-order valence-electron chi connectivity index (χ0n) is 10.1. The monoisotopic (exact) mass is 268 g/mol. The molecule has 1 heterocycles. The van der Waals surface area contributed by atoms with Crippen LogP contribution in [0.5, 0.6) is 0 Å². The Morgan fingerprint density at radius 1 is 0.900 bits per heavy atom. The van der Waals surface area contributed by atoms with Crippen LogP contribution in [-0.2, 0) is 4.74 Å². The molecule has 0 spiro atoms. The molecule has 0 bridgehead atoms. The van der Waals surface area contributed by atoms with Gasteiger partial charge in [0.2, 0.25) is 0 Å². The van der Waals surface area contributed by atoms with Crippen LogP contribution in [0.2, 0.25) is 0 Å². The summed E-state index contributed by atoms with van der Waals surface area (Å²) in [5.74, 6) is -2.73. The number of esters is 2. The first kappa shape index (κ1) is 12.1. The zero-order chi connectivity index (χ0) is 14.3. The smallest absolute Gasteiger partial charge is 0.347 e. The van der Waals surface area contributed by atoms with Crippen molar-refractivity contribution >= 4 is 17.9 Å². The van der Waals surface area contributed by atoms with Crippen molar-refractivity contribution in [3.63, 3.8) is 0 Å². The predicted octanol–water partition coefficient (Wildman–Crippen LogP) is 2.36. The number of aromatic carboxylic acids is 1. The number of carboxylic acids is 1. The largest absolute Gasteiger partial charge is 0.478 e. The van der Waals surface area contributed by atoms with E-state index < -0.39 is 17.9 Å². The molecular weight excluding hydrogens is 260 g/mol. The van der Waals surface area contributed by atoms with E-state index in [1.807, 2.05) is 0 Å². The molecule has 1 N–H and O–H groups in total. The van der Waals surface area contributed by atoms with Gasteiger partial charge in [0.05, 0.1) is 16.7 Å². The number of benzene rings is 2. The van der Waals surface area contributed by atoms with Gasteiger partial charge in [-0.1, -0.05) is 30.3 Å². The molecule has 0 amide bonds. The maximum Gasteiger partial charge on any atom is 0.347 e. The summed E-state index contributed by atoms with van der Waals surface area (Å²) in [5.41, 5.74) is 0.835. The summed E-state index contributed by atoms with van der Waals surface area (Å²) in [4.78, 5) is 34.7. The summed E-state index contributed by atoms with van der Waals surface area (Å²) in [7, 11) is 0. The lowest BCUT2D eigenvalue weighted by molar-refractivity contribution is 0.0443. The van der Waals surface area contributed by atoms with Crippen LogP contribution in [0.25, 0.3) is 11.1 Å². The third kappa shape index (κ3) is 1.68. The number of ether oxygens (including phenoxy) is 1. The maximum atomic E-state index is 11.8. The molecule has 98 valence electrons. The van der Waals surface area contributed by atoms with Crippen LogP contribution in [0.3, 0.4) is 0 Å². The topological polar surface area (TPSA) is 80.7 Å². The van der Waals surface area contributed by atoms with Gasteiger partial charge >= 0.3 is 17.9 Å². The Bertz CT molecular complexity index is 746. The number of carboxylic acid groups (broad SMARTS) is 1. The molecule has 0 saturated carbocycles. The van der Waals surface area contributed by atoms with Crippen LogP contribution >= 0.6 is 0 Å². The molecule has 5 nitrogen and oxygen atoms in total. The fourth-order valence-corrected chi connectivity index (χ4v) is 2.26. The first-order valence-corrected chi connectivity index (χ1v) is 5.82. The molecule has 2 aromatic rings. The zero-order valence-corrected chi connectivity index (χ0v) is 10.1. The lowest BCUT2D eigenvalue weighted by Gasteiger charge is -2.09. The maximum absolute atomic E-state index is 11.8. The van der Waals surface area contributed by atoms with Gasteiger partial charge in [-0.05, 0) is 17.7 Å². The fraction of sp³-hybridized carbons (Fsp3) is 0. The summed E-state index contributed by atoms with van der Waals surface area (Å²) < 4.78 is 4.56. The Hall–Kier alpha value is -2.95. The number of carbonyl (C=O) groups excluding carboxylic acids is 2. The molecule has 0 fully saturated rings. The molecule has 2 aromatic carbocycles. The third-order valence-corrected chi connectivity index (χ3v) is 3.11. The molecule has 0 radical (unpaired) electrons. The molecule has 0 aliphatic carbocycles. The van der Waals surface area contributed by atoms with Crippen molar-refractivity contribution in [1.29, 1.82) is 0 Å². The van der Waals surface area contributed by atoms with E-state index in [1.54, 1.807) is 30.3 Å². The predicted molar refractivity (Wildman–Crippen MR) is 68.6 cm³/mol. The number of fused-ring (bicyclic) bond motifs is 1. The first-order chi connectivity index (χ1) is 9.59. The fourth-order valence-electron chi connectivity index (χ4n) is 2.26. The average molecular weight is 268 g/mol. The minimum atomic E-state index is -1.17. The van der Waals surface area contributed by atoms with Crippen LogP contribution in [-0.4, -0.2) is 23.0 Å². The molecule has 3 rings (SSSR count). The SMILES string of the molecule is O=C1OC(=O)c2c1ccc(C(=O)O)c2-c1ccccc1. The highest BCUT2D eigenvalue weighted by atomic mass is 16.6. The summed E-state index contributed by atoms with van der Waals surface area (Å²) in [5, 5.41) is 9.27. The minimum Gasteiger partial charge on any atom is -0.478 e. The highest BCUT2D eigenvalue weighted by Crippen LogP contribution is 2.34. The highest BCUT2D eigenvalue weighted by molar-refractivity contribution is 6.20. The Kier molecular flexibility index (Phi) is 2.61. The Balaban J connectivity index is 2.39. The second-order valence-corrected chi connectivity index (χ2v) is 4.26. The van der Waals surface area contributed by atoms with Gasteiger partial charge in [-0.2, -0.15) is 0 Å². The molecule has 0 aromatic heterocycles. The van der Waals surface area contributed by atoms with Crippen LogP contribution < -0.4 is 0 Å². The van der Waals surface area contributed by atoms with E-state index in [0.29, 0.717) is 5.56 Å². The average Bonchev–Trinajstić information content (AvgIpc) is 2.74. The van der Waals surface area contributed by atoms with Crippen molar-refractivity contribution in [2.75, 3.05) is 0 Å². The van der Waals surface area contributed by atoms with E-state index in [4.69, 9.17) is 0 Å². The molecule has 1 aliphatic rings. The second kappa shape index (κ2) is 4.31. The van der Waals surface area contributed by atoms with E-state index in [2.05, 4.69) is 4.74 Å². The van der Waals surface area contributed by atoms with Gasteiger partial charge in [0.25, 0.3) is 0 Å². The summed E-state index contributed by atoms with van der Waals surface area (Å²) in [6.45, 7) is 0. The van der Waals surface area contributed by atoms with E-state index >= 15 is 0 Å². The number of hydrogen-bond donors (Lipinski definition) is 1. The van der Waals surface area contributed by atoms with Crippen LogP contribution in [0.4, 0.5) is 0 Å². The van der Waals surface area contributed by atoms with Crippen molar-refractivity contribution in [2.24, 2.45) is 0 Å². The number of cyclic esters (lactones) is 2. The van der Waals surface area contributed by atoms with E-state index in [9.17, 15) is 19.5 Å². The standard InChI is InChI=1S/C15H8O5/c16-13(17)9-6-7-10-12(15(19)20-14(10)18)11(9)8-4-2-1-3-5-8/h1-7H,(H,16,17). The second-order valence-electron chi connectivity index (χ2n) is 4.26. The van der Waals surface area contributed by atoms with Crippen molar-refractivity contribution in [2.45, 2.75) is 0 Å². The van der Waals surface area contributed by atoms with E-state index in [-0.39, 0.29) is 22.3 Å². The number of hydrogen-bond acceptors (Lipinski definition) is 4. The van der Waals surface area contributed by atoms with Gasteiger partial charge in [0, 0.05) is 5.56 Å².